The predicted octanol–water partition coefficient (Wildman–Crippen LogP) is 2.69. The second-order valence-electron chi connectivity index (χ2n) is 5.70. The van der Waals surface area contributed by atoms with Crippen molar-refractivity contribution in [2.45, 2.75) is 52.2 Å². The summed E-state index contributed by atoms with van der Waals surface area (Å²) < 4.78 is 0. The Morgan fingerprint density at radius 3 is 3.11 bits per heavy atom. The van der Waals surface area contributed by atoms with E-state index in [-0.39, 0.29) is 6.10 Å². The minimum absolute atomic E-state index is 0.141. The average Bonchev–Trinajstić information content (AvgIpc) is 2.74. The lowest BCUT2D eigenvalue weighted by Gasteiger charge is -2.29. The fourth-order valence-corrected chi connectivity index (χ4v) is 3.16. The van der Waals surface area contributed by atoms with E-state index in [1.54, 1.807) is 11.3 Å². The highest BCUT2D eigenvalue weighted by Crippen LogP contribution is 2.18. The number of nitrogens with zero attached hydrogens (tertiary/aromatic N) is 2. The average molecular weight is 268 g/mol. The number of aliphatic hydroxyl groups excluding tert-OH is 1. The molecule has 1 saturated heterocycles. The molecule has 102 valence electrons. The number of aromatic nitrogens is 1. The summed E-state index contributed by atoms with van der Waals surface area (Å²) in [4.78, 5) is 7.01. The molecule has 18 heavy (non-hydrogen) atoms. The molecule has 1 aromatic heterocycles. The predicted molar refractivity (Wildman–Crippen MR) is 75.8 cm³/mol. The number of thiazole rings is 1. The molecule has 1 aliphatic rings. The van der Waals surface area contributed by atoms with Crippen LogP contribution in [0.5, 0.6) is 0 Å². The molecule has 0 aliphatic carbocycles. The van der Waals surface area contributed by atoms with Gasteiger partial charge in [0.2, 0.25) is 0 Å². The van der Waals surface area contributed by atoms with Gasteiger partial charge >= 0.3 is 0 Å². The molecule has 0 aromatic carbocycles. The van der Waals surface area contributed by atoms with Crippen molar-refractivity contribution < 1.29 is 5.11 Å². The highest BCUT2D eigenvalue weighted by Gasteiger charge is 2.18. The van der Waals surface area contributed by atoms with Gasteiger partial charge in [-0.25, -0.2) is 4.98 Å². The van der Waals surface area contributed by atoms with Crippen LogP contribution in [0.2, 0.25) is 0 Å². The SMILES string of the molecule is CC(C)CCc1nc(CN2CCCC(O)C2)cs1. The number of aryl methyl sites for hydroxylation is 1. The minimum atomic E-state index is -0.141. The molecule has 3 nitrogen and oxygen atoms in total. The van der Waals surface area contributed by atoms with Crippen molar-refractivity contribution in [3.63, 3.8) is 0 Å². The smallest absolute Gasteiger partial charge is 0.0928 e. The molecular weight excluding hydrogens is 244 g/mol. The van der Waals surface area contributed by atoms with E-state index < -0.39 is 0 Å². The van der Waals surface area contributed by atoms with E-state index in [0.29, 0.717) is 0 Å². The van der Waals surface area contributed by atoms with Crippen LogP contribution in [0, 0.1) is 5.92 Å². The third kappa shape index (κ3) is 4.34. The molecule has 1 unspecified atom stereocenters. The summed E-state index contributed by atoms with van der Waals surface area (Å²) >= 11 is 1.78. The zero-order valence-electron chi connectivity index (χ0n) is 11.4. The van der Waals surface area contributed by atoms with Crippen LogP contribution in [0.25, 0.3) is 0 Å². The van der Waals surface area contributed by atoms with Crippen molar-refractivity contribution in [3.8, 4) is 0 Å². The Labute approximate surface area is 114 Å². The number of likely N-dealkylation sites (tertiary alicyclic amines) is 1. The van der Waals surface area contributed by atoms with E-state index in [4.69, 9.17) is 4.98 Å². The molecule has 4 heteroatoms. The summed E-state index contributed by atoms with van der Waals surface area (Å²) in [6, 6.07) is 0. The van der Waals surface area contributed by atoms with Crippen molar-refractivity contribution in [2.24, 2.45) is 5.92 Å². The normalized spacial score (nSPS) is 21.7. The highest BCUT2D eigenvalue weighted by atomic mass is 32.1. The van der Waals surface area contributed by atoms with Gasteiger partial charge in [-0.2, -0.15) is 0 Å². The van der Waals surface area contributed by atoms with Gasteiger partial charge in [-0.15, -0.1) is 11.3 Å². The fraction of sp³-hybridized carbons (Fsp3) is 0.786. The molecular formula is C14H24N2OS. The maximum atomic E-state index is 9.65. The molecule has 0 radical (unpaired) electrons. The number of β-amino-alcohol motifs (C(OH)–C–C–N with tert-alkyl or cyclic N) is 1. The number of hydrogen-bond acceptors (Lipinski definition) is 4. The van der Waals surface area contributed by atoms with E-state index in [1.807, 2.05) is 0 Å². The van der Waals surface area contributed by atoms with E-state index in [1.165, 1.54) is 17.1 Å². The largest absolute Gasteiger partial charge is 0.392 e. The maximum Gasteiger partial charge on any atom is 0.0928 e. The molecule has 2 rings (SSSR count). The van der Waals surface area contributed by atoms with Crippen molar-refractivity contribution in [3.05, 3.63) is 16.1 Å². The summed E-state index contributed by atoms with van der Waals surface area (Å²) in [6.07, 6.45) is 4.23. The van der Waals surface area contributed by atoms with Crippen LogP contribution in [0.1, 0.15) is 43.8 Å². The third-order valence-electron chi connectivity index (χ3n) is 3.40. The molecule has 1 atom stereocenters. The first kappa shape index (κ1) is 14.0. The number of hydrogen-bond donors (Lipinski definition) is 1. The lowest BCUT2D eigenvalue weighted by molar-refractivity contribution is 0.0663. The topological polar surface area (TPSA) is 36.4 Å². The zero-order valence-corrected chi connectivity index (χ0v) is 12.2. The Kier molecular flexibility index (Phi) is 5.15. The quantitative estimate of drug-likeness (QED) is 0.892. The van der Waals surface area contributed by atoms with Crippen LogP contribution in [0.3, 0.4) is 0 Å². The summed E-state index contributed by atoms with van der Waals surface area (Å²) in [5, 5.41) is 13.1. The number of aliphatic hydroxyl groups is 1. The van der Waals surface area contributed by atoms with Gasteiger partial charge in [0.05, 0.1) is 16.8 Å². The second kappa shape index (κ2) is 6.64. The van der Waals surface area contributed by atoms with Gasteiger partial charge in [-0.3, -0.25) is 4.90 Å². The van der Waals surface area contributed by atoms with Gasteiger partial charge in [-0.1, -0.05) is 13.8 Å². The van der Waals surface area contributed by atoms with Crippen LogP contribution in [0.4, 0.5) is 0 Å². The Hall–Kier alpha value is -0.450. The summed E-state index contributed by atoms with van der Waals surface area (Å²) in [5.74, 6) is 0.745. The van der Waals surface area contributed by atoms with E-state index in [9.17, 15) is 5.11 Å². The highest BCUT2D eigenvalue weighted by molar-refractivity contribution is 7.09. The number of rotatable bonds is 5. The summed E-state index contributed by atoms with van der Waals surface area (Å²) in [5.41, 5.74) is 1.17. The summed E-state index contributed by atoms with van der Waals surface area (Å²) in [7, 11) is 0. The fourth-order valence-electron chi connectivity index (χ4n) is 2.35. The van der Waals surface area contributed by atoms with Crippen LogP contribution >= 0.6 is 11.3 Å². The lowest BCUT2D eigenvalue weighted by Crippen LogP contribution is -2.37. The van der Waals surface area contributed by atoms with Crippen molar-refractivity contribution >= 4 is 11.3 Å². The molecule has 0 saturated carbocycles. The van der Waals surface area contributed by atoms with E-state index in [0.717, 1.165) is 44.8 Å². The van der Waals surface area contributed by atoms with Gasteiger partial charge in [-0.05, 0) is 38.1 Å². The molecule has 2 heterocycles. The van der Waals surface area contributed by atoms with Crippen LogP contribution in [-0.4, -0.2) is 34.2 Å². The summed E-state index contributed by atoms with van der Waals surface area (Å²) in [6.45, 7) is 7.30. The molecule has 0 spiro atoms. The first-order valence-corrected chi connectivity index (χ1v) is 7.85. The first-order valence-electron chi connectivity index (χ1n) is 6.97. The molecule has 1 fully saturated rings. The monoisotopic (exact) mass is 268 g/mol. The Balaban J connectivity index is 1.82. The minimum Gasteiger partial charge on any atom is -0.392 e. The first-order chi connectivity index (χ1) is 8.63. The van der Waals surface area contributed by atoms with Crippen molar-refractivity contribution in [1.82, 2.24) is 9.88 Å². The van der Waals surface area contributed by atoms with Crippen molar-refractivity contribution in [1.29, 1.82) is 0 Å². The standard InChI is InChI=1S/C14H24N2OS/c1-11(2)5-6-14-15-12(10-18-14)8-16-7-3-4-13(17)9-16/h10-11,13,17H,3-9H2,1-2H3. The van der Waals surface area contributed by atoms with E-state index >= 15 is 0 Å². The van der Waals surface area contributed by atoms with E-state index in [2.05, 4.69) is 24.1 Å². The van der Waals surface area contributed by atoms with Crippen LogP contribution in [-0.2, 0) is 13.0 Å². The maximum absolute atomic E-state index is 9.65. The molecule has 1 aromatic rings. The second-order valence-corrected chi connectivity index (χ2v) is 6.64. The molecule has 0 bridgehead atoms. The lowest BCUT2D eigenvalue weighted by atomic mass is 10.1. The zero-order chi connectivity index (χ0) is 13.0. The Morgan fingerprint density at radius 2 is 2.39 bits per heavy atom. The van der Waals surface area contributed by atoms with Gasteiger partial charge in [0.1, 0.15) is 0 Å². The Morgan fingerprint density at radius 1 is 1.56 bits per heavy atom. The molecule has 0 amide bonds. The van der Waals surface area contributed by atoms with Gasteiger partial charge < -0.3 is 5.11 Å². The van der Waals surface area contributed by atoms with Crippen molar-refractivity contribution in [2.75, 3.05) is 13.1 Å². The van der Waals surface area contributed by atoms with Gasteiger partial charge in [0.25, 0.3) is 0 Å². The van der Waals surface area contributed by atoms with Gasteiger partial charge in [0.15, 0.2) is 0 Å². The Bertz CT molecular complexity index is 364. The number of piperidine rings is 1. The van der Waals surface area contributed by atoms with Crippen LogP contribution in [0.15, 0.2) is 5.38 Å². The molecule has 1 aliphatic heterocycles. The van der Waals surface area contributed by atoms with Gasteiger partial charge in [0, 0.05) is 18.5 Å². The molecule has 1 N–H and O–H groups in total. The van der Waals surface area contributed by atoms with Crippen LogP contribution < -0.4 is 0 Å². The third-order valence-corrected chi connectivity index (χ3v) is 4.36.